The van der Waals surface area contributed by atoms with Gasteiger partial charge in [-0.15, -0.1) is 0 Å². The average Bonchev–Trinajstić information content (AvgIpc) is 2.09. The Bertz CT molecular complexity index is 246. The third kappa shape index (κ3) is 2.71. The Morgan fingerprint density at radius 3 is 2.71 bits per heavy atom. The molecule has 0 radical (unpaired) electrons. The maximum atomic E-state index is 8.72. The summed E-state index contributed by atoms with van der Waals surface area (Å²) < 4.78 is 0. The first-order valence-corrected chi connectivity index (χ1v) is 5.55. The van der Waals surface area contributed by atoms with Crippen LogP contribution in [0.1, 0.15) is 46.5 Å². The zero-order chi connectivity index (χ0) is 10.6. The third-order valence-electron chi connectivity index (χ3n) is 3.12. The van der Waals surface area contributed by atoms with E-state index in [1.807, 2.05) is 0 Å². The molecule has 0 aromatic carbocycles. The lowest BCUT2D eigenvalue weighted by Crippen LogP contribution is -2.19. The van der Waals surface area contributed by atoms with Gasteiger partial charge in [0.1, 0.15) is 0 Å². The third-order valence-corrected chi connectivity index (χ3v) is 3.12. The molecule has 1 aliphatic rings. The summed E-state index contributed by atoms with van der Waals surface area (Å²) in [6.07, 6.45) is 8.91. The van der Waals surface area contributed by atoms with Crippen molar-refractivity contribution in [3.8, 4) is 0 Å². The van der Waals surface area contributed by atoms with Crippen molar-refractivity contribution < 1.29 is 5.11 Å². The predicted molar refractivity (Wildman–Crippen MR) is 61.2 cm³/mol. The second-order valence-electron chi connectivity index (χ2n) is 4.85. The van der Waals surface area contributed by atoms with Gasteiger partial charge in [-0.3, -0.25) is 0 Å². The molecule has 80 valence electrons. The molecule has 0 spiro atoms. The molecule has 0 bridgehead atoms. The number of aliphatic hydroxyl groups is 1. The second kappa shape index (κ2) is 4.79. The number of hydrogen-bond acceptors (Lipinski definition) is 1. The number of allylic oxidation sites excluding steroid dienone is 3. The van der Waals surface area contributed by atoms with Crippen molar-refractivity contribution in [2.75, 3.05) is 6.61 Å². The highest BCUT2D eigenvalue weighted by atomic mass is 16.2. The summed E-state index contributed by atoms with van der Waals surface area (Å²) in [6.45, 7) is 7.12. The number of rotatable bonds is 3. The largest absolute Gasteiger partial charge is 0.396 e. The Morgan fingerprint density at radius 2 is 2.14 bits per heavy atom. The van der Waals surface area contributed by atoms with Crippen molar-refractivity contribution in [1.29, 1.82) is 0 Å². The predicted octanol–water partition coefficient (Wildman–Crippen LogP) is 3.45. The summed E-state index contributed by atoms with van der Waals surface area (Å²) in [7, 11) is 0. The van der Waals surface area contributed by atoms with Crippen molar-refractivity contribution >= 4 is 0 Å². The molecule has 1 aliphatic carbocycles. The van der Waals surface area contributed by atoms with Gasteiger partial charge in [0.15, 0.2) is 0 Å². The van der Waals surface area contributed by atoms with Gasteiger partial charge >= 0.3 is 0 Å². The second-order valence-corrected chi connectivity index (χ2v) is 4.85. The molecule has 1 N–H and O–H groups in total. The van der Waals surface area contributed by atoms with Crippen molar-refractivity contribution in [1.82, 2.24) is 0 Å². The van der Waals surface area contributed by atoms with Crippen LogP contribution < -0.4 is 0 Å². The van der Waals surface area contributed by atoms with E-state index in [0.717, 1.165) is 6.42 Å². The molecule has 0 saturated heterocycles. The fourth-order valence-electron chi connectivity index (χ4n) is 2.29. The Hall–Kier alpha value is -0.560. The van der Waals surface area contributed by atoms with Gasteiger partial charge < -0.3 is 5.11 Å². The molecule has 0 aromatic heterocycles. The molecule has 1 rings (SSSR count). The standard InChI is InChI=1S/C13H22O/c1-11-7-6-9-13(2,3)12(11)8-4-5-10-14/h4,8,14H,5-7,9-10H2,1-3H3/b8-4+. The molecule has 0 atom stereocenters. The van der Waals surface area contributed by atoms with Gasteiger partial charge in [-0.25, -0.2) is 0 Å². The highest BCUT2D eigenvalue weighted by molar-refractivity contribution is 5.32. The lowest BCUT2D eigenvalue weighted by molar-refractivity contribution is 0.302. The van der Waals surface area contributed by atoms with E-state index < -0.39 is 0 Å². The molecule has 1 nitrogen and oxygen atoms in total. The van der Waals surface area contributed by atoms with E-state index >= 15 is 0 Å². The molecule has 1 heteroatoms. The Morgan fingerprint density at radius 1 is 1.43 bits per heavy atom. The van der Waals surface area contributed by atoms with Gasteiger partial charge in [-0.1, -0.05) is 31.6 Å². The van der Waals surface area contributed by atoms with E-state index in [2.05, 4.69) is 32.9 Å². The fourth-order valence-corrected chi connectivity index (χ4v) is 2.29. The van der Waals surface area contributed by atoms with Crippen LogP contribution in [0.25, 0.3) is 0 Å². The zero-order valence-corrected chi connectivity index (χ0v) is 9.64. The van der Waals surface area contributed by atoms with Gasteiger partial charge in [0, 0.05) is 6.61 Å². The molecule has 0 saturated carbocycles. The molecular formula is C13H22O. The maximum Gasteiger partial charge on any atom is 0.0465 e. The van der Waals surface area contributed by atoms with E-state index in [9.17, 15) is 0 Å². The van der Waals surface area contributed by atoms with Crippen molar-refractivity contribution in [3.05, 3.63) is 23.3 Å². The lowest BCUT2D eigenvalue weighted by atomic mass is 9.72. The summed E-state index contributed by atoms with van der Waals surface area (Å²) in [5.74, 6) is 0. The van der Waals surface area contributed by atoms with Crippen LogP contribution in [0.5, 0.6) is 0 Å². The summed E-state index contributed by atoms with van der Waals surface area (Å²) in [4.78, 5) is 0. The first kappa shape index (κ1) is 11.5. The highest BCUT2D eigenvalue weighted by Crippen LogP contribution is 2.40. The maximum absolute atomic E-state index is 8.72. The Kier molecular flexibility index (Phi) is 3.94. The quantitative estimate of drug-likeness (QED) is 0.729. The van der Waals surface area contributed by atoms with Crippen LogP contribution in [0.3, 0.4) is 0 Å². The van der Waals surface area contributed by atoms with E-state index in [1.165, 1.54) is 30.4 Å². The Balaban J connectivity index is 2.80. The summed E-state index contributed by atoms with van der Waals surface area (Å²) >= 11 is 0. The van der Waals surface area contributed by atoms with Crippen LogP contribution in [0.2, 0.25) is 0 Å². The molecule has 0 fully saturated rings. The summed E-state index contributed by atoms with van der Waals surface area (Å²) in [5.41, 5.74) is 3.33. The molecule has 0 heterocycles. The van der Waals surface area contributed by atoms with E-state index in [4.69, 9.17) is 5.11 Å². The molecule has 14 heavy (non-hydrogen) atoms. The van der Waals surface area contributed by atoms with Crippen molar-refractivity contribution in [3.63, 3.8) is 0 Å². The van der Waals surface area contributed by atoms with Gasteiger partial charge in [-0.05, 0) is 43.6 Å². The van der Waals surface area contributed by atoms with E-state index in [0.29, 0.717) is 5.41 Å². The molecule has 0 unspecified atom stereocenters. The van der Waals surface area contributed by atoms with Crippen LogP contribution in [-0.4, -0.2) is 11.7 Å². The van der Waals surface area contributed by atoms with Crippen LogP contribution in [0, 0.1) is 5.41 Å². The average molecular weight is 194 g/mol. The van der Waals surface area contributed by atoms with Gasteiger partial charge in [0.05, 0.1) is 0 Å². The highest BCUT2D eigenvalue weighted by Gasteiger charge is 2.26. The monoisotopic (exact) mass is 194 g/mol. The minimum absolute atomic E-state index is 0.253. The van der Waals surface area contributed by atoms with Crippen molar-refractivity contribution in [2.45, 2.75) is 46.5 Å². The minimum Gasteiger partial charge on any atom is -0.396 e. The normalized spacial score (nSPS) is 22.0. The summed E-state index contributed by atoms with van der Waals surface area (Å²) in [5, 5.41) is 8.72. The molecule has 0 aliphatic heterocycles. The van der Waals surface area contributed by atoms with E-state index in [1.54, 1.807) is 0 Å². The van der Waals surface area contributed by atoms with Crippen molar-refractivity contribution in [2.24, 2.45) is 5.41 Å². The molecular weight excluding hydrogens is 172 g/mol. The van der Waals surface area contributed by atoms with Crippen LogP contribution in [0.4, 0.5) is 0 Å². The topological polar surface area (TPSA) is 20.2 Å². The zero-order valence-electron chi connectivity index (χ0n) is 9.64. The molecule has 0 aromatic rings. The van der Waals surface area contributed by atoms with E-state index in [-0.39, 0.29) is 6.61 Å². The number of aliphatic hydroxyl groups excluding tert-OH is 1. The minimum atomic E-state index is 0.253. The lowest BCUT2D eigenvalue weighted by Gasteiger charge is -2.32. The Labute approximate surface area is 87.5 Å². The van der Waals surface area contributed by atoms with Gasteiger partial charge in [0.2, 0.25) is 0 Å². The number of hydrogen-bond donors (Lipinski definition) is 1. The first-order chi connectivity index (χ1) is 6.58. The molecule has 0 amide bonds. The smallest absolute Gasteiger partial charge is 0.0465 e. The fraction of sp³-hybridized carbons (Fsp3) is 0.692. The van der Waals surface area contributed by atoms with Crippen LogP contribution >= 0.6 is 0 Å². The van der Waals surface area contributed by atoms with Gasteiger partial charge in [-0.2, -0.15) is 0 Å². The first-order valence-electron chi connectivity index (χ1n) is 5.55. The SMILES string of the molecule is CC1=C(/C=C/CCO)C(C)(C)CCC1. The summed E-state index contributed by atoms with van der Waals surface area (Å²) in [6, 6.07) is 0. The van der Waals surface area contributed by atoms with Crippen LogP contribution in [-0.2, 0) is 0 Å². The van der Waals surface area contributed by atoms with Gasteiger partial charge in [0.25, 0.3) is 0 Å². The van der Waals surface area contributed by atoms with Crippen LogP contribution in [0.15, 0.2) is 23.3 Å².